The van der Waals surface area contributed by atoms with Crippen LogP contribution in [0.4, 0.5) is 0 Å². The summed E-state index contributed by atoms with van der Waals surface area (Å²) in [5, 5.41) is 11.1. The quantitative estimate of drug-likeness (QED) is 0.561. The zero-order chi connectivity index (χ0) is 19.0. The highest BCUT2D eigenvalue weighted by molar-refractivity contribution is 5.08. The first-order chi connectivity index (χ1) is 11.5. The Bertz CT molecular complexity index is 383. The Labute approximate surface area is 158 Å². The van der Waals surface area contributed by atoms with E-state index in [1.807, 2.05) is 0 Å². The second-order valence-electron chi connectivity index (χ2n) is 11.2. The van der Waals surface area contributed by atoms with Crippen LogP contribution in [0.3, 0.4) is 0 Å². The van der Waals surface area contributed by atoms with Gasteiger partial charge in [0, 0.05) is 5.41 Å². The van der Waals surface area contributed by atoms with Gasteiger partial charge < -0.3 is 5.11 Å². The molecule has 25 heavy (non-hydrogen) atoms. The van der Waals surface area contributed by atoms with Gasteiger partial charge in [0.2, 0.25) is 0 Å². The maximum atomic E-state index is 11.1. The summed E-state index contributed by atoms with van der Waals surface area (Å²) in [5.74, 6) is 3.38. The molecule has 0 heterocycles. The molecule has 1 N–H and O–H groups in total. The molecule has 0 radical (unpaired) electrons. The van der Waals surface area contributed by atoms with Crippen molar-refractivity contribution >= 4 is 0 Å². The van der Waals surface area contributed by atoms with Crippen molar-refractivity contribution in [2.24, 2.45) is 39.9 Å². The zero-order valence-electron chi connectivity index (χ0n) is 18.5. The highest BCUT2D eigenvalue weighted by Crippen LogP contribution is 2.65. The fraction of sp³-hybridized carbons (Fsp3) is 1.00. The molecule has 1 heteroatoms. The maximum Gasteiger partial charge on any atom is 0.0576 e. The number of aliphatic hydroxyl groups excluding tert-OH is 1. The van der Waals surface area contributed by atoms with E-state index in [1.165, 1.54) is 51.4 Å². The Morgan fingerprint density at radius 2 is 1.00 bits per heavy atom. The lowest BCUT2D eigenvalue weighted by molar-refractivity contribution is -0.169. The van der Waals surface area contributed by atoms with E-state index in [0.717, 1.165) is 23.7 Å². The third-order valence-electron chi connectivity index (χ3n) is 9.50. The first-order valence-electron chi connectivity index (χ1n) is 11.1. The number of hydrogen-bond acceptors (Lipinski definition) is 1. The second-order valence-corrected chi connectivity index (χ2v) is 11.2. The van der Waals surface area contributed by atoms with Crippen LogP contribution >= 0.6 is 0 Å². The van der Waals surface area contributed by atoms with Crippen molar-refractivity contribution in [3.05, 3.63) is 0 Å². The Kier molecular flexibility index (Phi) is 6.40. The van der Waals surface area contributed by atoms with Crippen molar-refractivity contribution in [2.45, 2.75) is 113 Å². The molecule has 2 saturated carbocycles. The van der Waals surface area contributed by atoms with Gasteiger partial charge in [-0.1, -0.05) is 48.5 Å². The predicted molar refractivity (Wildman–Crippen MR) is 110 cm³/mol. The molecule has 0 amide bonds. The van der Waals surface area contributed by atoms with Gasteiger partial charge in [-0.05, 0) is 92.8 Å². The molecule has 1 atom stereocenters. The van der Waals surface area contributed by atoms with Gasteiger partial charge in [0.15, 0.2) is 0 Å². The van der Waals surface area contributed by atoms with Gasteiger partial charge in [-0.15, -0.1) is 0 Å². The fourth-order valence-corrected chi connectivity index (χ4v) is 6.66. The summed E-state index contributed by atoms with van der Waals surface area (Å²) in [7, 11) is 0. The summed E-state index contributed by atoms with van der Waals surface area (Å²) in [4.78, 5) is 0. The average Bonchev–Trinajstić information content (AvgIpc) is 2.54. The Balaban J connectivity index is 2.23. The molecule has 1 unspecified atom stereocenters. The molecule has 0 aliphatic heterocycles. The van der Waals surface area contributed by atoms with E-state index < -0.39 is 0 Å². The first kappa shape index (κ1) is 21.3. The van der Waals surface area contributed by atoms with E-state index >= 15 is 0 Å². The van der Waals surface area contributed by atoms with Crippen LogP contribution in [0.2, 0.25) is 0 Å². The normalized spacial score (nSPS) is 40.9. The SMILES string of the molecule is CC(C)C1CCC(C)(C(C)(C(C)O)C2(C)CCC(C(C)C)CC2)CC1. The molecule has 148 valence electrons. The Morgan fingerprint density at radius 1 is 0.720 bits per heavy atom. The summed E-state index contributed by atoms with van der Waals surface area (Å²) in [6.45, 7) is 19.1. The second kappa shape index (κ2) is 7.53. The van der Waals surface area contributed by atoms with Gasteiger partial charge in [0.25, 0.3) is 0 Å². The molecule has 0 saturated heterocycles. The molecule has 0 aromatic heterocycles. The highest BCUT2D eigenvalue weighted by Gasteiger charge is 2.59. The van der Waals surface area contributed by atoms with Gasteiger partial charge >= 0.3 is 0 Å². The summed E-state index contributed by atoms with van der Waals surface area (Å²) < 4.78 is 0. The van der Waals surface area contributed by atoms with Crippen molar-refractivity contribution in [2.75, 3.05) is 0 Å². The molecule has 0 aromatic carbocycles. The Morgan fingerprint density at radius 3 is 1.20 bits per heavy atom. The van der Waals surface area contributed by atoms with Crippen molar-refractivity contribution in [3.63, 3.8) is 0 Å². The molecular weight excluding hydrogens is 304 g/mol. The van der Waals surface area contributed by atoms with Crippen LogP contribution in [-0.4, -0.2) is 11.2 Å². The topological polar surface area (TPSA) is 20.2 Å². The van der Waals surface area contributed by atoms with E-state index in [-0.39, 0.29) is 22.3 Å². The molecule has 2 rings (SSSR count). The van der Waals surface area contributed by atoms with Crippen molar-refractivity contribution in [1.82, 2.24) is 0 Å². The largest absolute Gasteiger partial charge is 0.393 e. The molecule has 2 fully saturated rings. The molecule has 0 spiro atoms. The molecule has 0 bridgehead atoms. The lowest BCUT2D eigenvalue weighted by Crippen LogP contribution is -2.57. The fourth-order valence-electron chi connectivity index (χ4n) is 6.66. The van der Waals surface area contributed by atoms with Crippen LogP contribution in [0.1, 0.15) is 107 Å². The van der Waals surface area contributed by atoms with Gasteiger partial charge in [0.1, 0.15) is 0 Å². The van der Waals surface area contributed by atoms with Crippen LogP contribution in [0, 0.1) is 39.9 Å². The van der Waals surface area contributed by atoms with Crippen molar-refractivity contribution in [3.8, 4) is 0 Å². The van der Waals surface area contributed by atoms with E-state index in [1.54, 1.807) is 0 Å². The third kappa shape index (κ3) is 3.69. The molecule has 1 nitrogen and oxygen atoms in total. The lowest BCUT2D eigenvalue weighted by atomic mass is 9.43. The maximum absolute atomic E-state index is 11.1. The zero-order valence-corrected chi connectivity index (χ0v) is 18.5. The minimum absolute atomic E-state index is 0.0178. The number of hydrogen-bond donors (Lipinski definition) is 1. The number of rotatable bonds is 5. The van der Waals surface area contributed by atoms with E-state index in [0.29, 0.717) is 0 Å². The smallest absolute Gasteiger partial charge is 0.0576 e. The lowest BCUT2D eigenvalue weighted by Gasteiger charge is -2.62. The highest BCUT2D eigenvalue weighted by atomic mass is 16.3. The van der Waals surface area contributed by atoms with Crippen LogP contribution < -0.4 is 0 Å². The molecular formula is C24H46O. The van der Waals surface area contributed by atoms with Crippen LogP contribution in [0.25, 0.3) is 0 Å². The van der Waals surface area contributed by atoms with Crippen molar-refractivity contribution < 1.29 is 5.11 Å². The van der Waals surface area contributed by atoms with Gasteiger partial charge in [-0.3, -0.25) is 0 Å². The third-order valence-corrected chi connectivity index (χ3v) is 9.50. The Hall–Kier alpha value is -0.0400. The average molecular weight is 351 g/mol. The number of aliphatic hydroxyl groups is 1. The molecule has 2 aliphatic rings. The van der Waals surface area contributed by atoms with Crippen LogP contribution in [0.5, 0.6) is 0 Å². The van der Waals surface area contributed by atoms with Gasteiger partial charge in [0.05, 0.1) is 6.10 Å². The van der Waals surface area contributed by atoms with E-state index in [4.69, 9.17) is 0 Å². The van der Waals surface area contributed by atoms with Crippen LogP contribution in [-0.2, 0) is 0 Å². The monoisotopic (exact) mass is 350 g/mol. The van der Waals surface area contributed by atoms with Crippen LogP contribution in [0.15, 0.2) is 0 Å². The summed E-state index contributed by atoms with van der Waals surface area (Å²) in [5.41, 5.74) is 0.557. The van der Waals surface area contributed by atoms with E-state index in [2.05, 4.69) is 55.4 Å². The standard InChI is InChI=1S/C24H46O/c1-17(2)20-9-13-22(6,14-10-20)24(8,19(5)25)23(7)15-11-21(12-16-23)18(3)4/h17-21,25H,9-16H2,1-8H3. The summed E-state index contributed by atoms with van der Waals surface area (Å²) in [6.07, 6.45) is 10.3. The minimum Gasteiger partial charge on any atom is -0.393 e. The molecule has 2 aliphatic carbocycles. The van der Waals surface area contributed by atoms with Gasteiger partial charge in [-0.25, -0.2) is 0 Å². The summed E-state index contributed by atoms with van der Waals surface area (Å²) in [6, 6.07) is 0. The van der Waals surface area contributed by atoms with Crippen molar-refractivity contribution in [1.29, 1.82) is 0 Å². The van der Waals surface area contributed by atoms with Gasteiger partial charge in [-0.2, -0.15) is 0 Å². The first-order valence-corrected chi connectivity index (χ1v) is 11.1. The summed E-state index contributed by atoms with van der Waals surface area (Å²) >= 11 is 0. The minimum atomic E-state index is -0.228. The molecule has 0 aromatic rings. The van der Waals surface area contributed by atoms with E-state index in [9.17, 15) is 5.11 Å². The predicted octanol–water partition coefficient (Wildman–Crippen LogP) is 7.08.